The topological polar surface area (TPSA) is 109 Å². The largest absolute Gasteiger partial charge is 0.507 e. The highest BCUT2D eigenvalue weighted by Crippen LogP contribution is 2.33. The third kappa shape index (κ3) is 5.40. The van der Waals surface area contributed by atoms with Crippen molar-refractivity contribution >= 4 is 22.7 Å². The number of hydrogen-bond donors (Lipinski definition) is 2. The number of benzene rings is 2. The molecule has 5 aromatic rings. The highest BCUT2D eigenvalue weighted by molar-refractivity contribution is 5.84. The molecule has 4 heterocycles. The molecule has 41 heavy (non-hydrogen) atoms. The van der Waals surface area contributed by atoms with Crippen molar-refractivity contribution < 1.29 is 5.11 Å². The second-order valence-corrected chi connectivity index (χ2v) is 10.7. The lowest BCUT2D eigenvalue weighted by atomic mass is 9.89. The maximum absolute atomic E-state index is 13.6. The van der Waals surface area contributed by atoms with E-state index in [0.29, 0.717) is 46.3 Å². The van der Waals surface area contributed by atoms with Crippen molar-refractivity contribution in [3.05, 3.63) is 88.7 Å². The summed E-state index contributed by atoms with van der Waals surface area (Å²) in [4.78, 5) is 33.9. The van der Waals surface area contributed by atoms with Gasteiger partial charge in [-0.1, -0.05) is 18.2 Å². The Morgan fingerprint density at radius 2 is 1.76 bits per heavy atom. The van der Waals surface area contributed by atoms with E-state index in [4.69, 9.17) is 4.98 Å². The van der Waals surface area contributed by atoms with E-state index in [1.807, 2.05) is 19.9 Å². The minimum Gasteiger partial charge on any atom is -0.507 e. The van der Waals surface area contributed by atoms with Gasteiger partial charge in [0, 0.05) is 41.1 Å². The summed E-state index contributed by atoms with van der Waals surface area (Å²) in [6.45, 7) is 6.44. The Hall–Kier alpha value is -4.63. The molecule has 9 heteroatoms. The van der Waals surface area contributed by atoms with Crippen molar-refractivity contribution in [3.8, 4) is 28.1 Å². The van der Waals surface area contributed by atoms with Crippen LogP contribution in [-0.2, 0) is 6.54 Å². The van der Waals surface area contributed by atoms with Crippen molar-refractivity contribution in [1.82, 2.24) is 29.4 Å². The van der Waals surface area contributed by atoms with Crippen molar-refractivity contribution in [2.24, 2.45) is 0 Å². The highest BCUT2D eigenvalue weighted by atomic mass is 16.3. The molecule has 1 aliphatic rings. The first-order valence-electron chi connectivity index (χ1n) is 14.0. The van der Waals surface area contributed by atoms with Gasteiger partial charge in [0.25, 0.3) is 5.56 Å². The molecule has 9 nitrogen and oxygen atoms in total. The van der Waals surface area contributed by atoms with Gasteiger partial charge in [-0.15, -0.1) is 0 Å². The lowest BCUT2D eigenvalue weighted by Gasteiger charge is -2.29. The number of aromatic hydroxyl groups is 1. The first-order valence-corrected chi connectivity index (χ1v) is 14.0. The van der Waals surface area contributed by atoms with Crippen LogP contribution in [-0.4, -0.2) is 54.6 Å². The molecular weight excluding hydrogens is 514 g/mol. The number of rotatable bonds is 6. The average molecular weight is 548 g/mol. The van der Waals surface area contributed by atoms with Crippen molar-refractivity contribution in [2.75, 3.05) is 25.5 Å². The van der Waals surface area contributed by atoms with E-state index in [1.54, 1.807) is 41.4 Å². The molecule has 0 unspecified atom stereocenters. The Kier molecular flexibility index (Phi) is 7.19. The van der Waals surface area contributed by atoms with Crippen LogP contribution in [0, 0.1) is 6.92 Å². The Morgan fingerprint density at radius 3 is 2.46 bits per heavy atom. The molecule has 208 valence electrons. The maximum Gasteiger partial charge on any atom is 0.260 e. The fourth-order valence-corrected chi connectivity index (χ4v) is 5.54. The van der Waals surface area contributed by atoms with Gasteiger partial charge in [-0.2, -0.15) is 4.98 Å². The Morgan fingerprint density at radius 1 is 0.976 bits per heavy atom. The molecule has 6 rings (SSSR count). The van der Waals surface area contributed by atoms with Gasteiger partial charge in [-0.3, -0.25) is 14.3 Å². The predicted octanol–water partition coefficient (Wildman–Crippen LogP) is 5.50. The third-order valence-electron chi connectivity index (χ3n) is 7.84. The normalized spacial score (nSPS) is 14.4. The van der Waals surface area contributed by atoms with E-state index < -0.39 is 0 Å². The molecule has 0 saturated carbocycles. The van der Waals surface area contributed by atoms with Gasteiger partial charge < -0.3 is 15.3 Å². The predicted molar refractivity (Wildman–Crippen MR) is 162 cm³/mol. The minimum atomic E-state index is -0.231. The summed E-state index contributed by atoms with van der Waals surface area (Å²) in [5.41, 5.74) is 5.54. The van der Waals surface area contributed by atoms with Crippen LogP contribution in [0.3, 0.4) is 0 Å². The van der Waals surface area contributed by atoms with E-state index in [9.17, 15) is 9.90 Å². The number of phenolic OH excluding ortho intramolecular Hbond substituents is 1. The SMILES string of the molecule is CCn1c(=O)c(-c2ccc(-c3cncc(C)n3)cc2O)cc2cnc(Nc3ccc(C4CCN(C)CC4)cc3)nc21. The van der Waals surface area contributed by atoms with Crippen molar-refractivity contribution in [3.63, 3.8) is 0 Å². The molecule has 1 saturated heterocycles. The van der Waals surface area contributed by atoms with Gasteiger partial charge in [0.2, 0.25) is 5.95 Å². The number of aromatic nitrogens is 5. The van der Waals surface area contributed by atoms with Crippen LogP contribution < -0.4 is 10.9 Å². The summed E-state index contributed by atoms with van der Waals surface area (Å²) >= 11 is 0. The molecule has 0 bridgehead atoms. The average Bonchev–Trinajstić information content (AvgIpc) is 2.98. The number of nitrogens with one attached hydrogen (secondary N) is 1. The standard InChI is InChI=1S/C32H33N7O2/c1-4-39-30-24(15-27(31(39)41)26-10-7-23(16-29(26)40)28-19-33-17-20(2)35-28)18-34-32(37-30)36-25-8-5-21(6-9-25)22-11-13-38(3)14-12-22/h5-10,15-19,22,40H,4,11-14H2,1-3H3,(H,34,36,37). The van der Waals surface area contributed by atoms with Gasteiger partial charge in [-0.25, -0.2) is 9.97 Å². The van der Waals surface area contributed by atoms with Crippen LogP contribution in [0.2, 0.25) is 0 Å². The van der Waals surface area contributed by atoms with Gasteiger partial charge in [0.1, 0.15) is 11.4 Å². The number of hydrogen-bond acceptors (Lipinski definition) is 8. The van der Waals surface area contributed by atoms with E-state index in [-0.39, 0.29) is 11.3 Å². The molecule has 1 aliphatic heterocycles. The van der Waals surface area contributed by atoms with E-state index in [1.165, 1.54) is 18.4 Å². The Balaban J connectivity index is 1.28. The van der Waals surface area contributed by atoms with E-state index in [2.05, 4.69) is 56.5 Å². The van der Waals surface area contributed by atoms with Crippen LogP contribution >= 0.6 is 0 Å². The first kappa shape index (κ1) is 26.6. The summed E-state index contributed by atoms with van der Waals surface area (Å²) in [6, 6.07) is 15.4. The summed E-state index contributed by atoms with van der Waals surface area (Å²) in [6.07, 6.45) is 7.39. The van der Waals surface area contributed by atoms with E-state index in [0.717, 1.165) is 30.0 Å². The summed E-state index contributed by atoms with van der Waals surface area (Å²) in [5, 5.41) is 14.9. The molecule has 0 amide bonds. The quantitative estimate of drug-likeness (QED) is 0.287. The number of fused-ring (bicyclic) bond motifs is 1. The van der Waals surface area contributed by atoms with Gasteiger partial charge in [0.05, 0.1) is 23.1 Å². The van der Waals surface area contributed by atoms with Gasteiger partial charge in [-0.05, 0) is 88.6 Å². The number of anilines is 2. The number of likely N-dealkylation sites (tertiary alicyclic amines) is 1. The van der Waals surface area contributed by atoms with Crippen molar-refractivity contribution in [2.45, 2.75) is 39.2 Å². The zero-order valence-electron chi connectivity index (χ0n) is 23.5. The lowest BCUT2D eigenvalue weighted by Crippen LogP contribution is -2.29. The molecule has 1 fully saturated rings. The zero-order chi connectivity index (χ0) is 28.5. The Bertz CT molecular complexity index is 1770. The Labute approximate surface area is 238 Å². The first-order chi connectivity index (χ1) is 19.9. The summed E-state index contributed by atoms with van der Waals surface area (Å²) < 4.78 is 1.61. The number of pyridine rings is 1. The molecular formula is C32H33N7O2. The van der Waals surface area contributed by atoms with Crippen LogP contribution in [0.4, 0.5) is 11.6 Å². The molecule has 0 aliphatic carbocycles. The van der Waals surface area contributed by atoms with Gasteiger partial charge >= 0.3 is 0 Å². The second-order valence-electron chi connectivity index (χ2n) is 10.7. The fourth-order valence-electron chi connectivity index (χ4n) is 5.54. The summed E-state index contributed by atoms with van der Waals surface area (Å²) in [7, 11) is 2.18. The van der Waals surface area contributed by atoms with Crippen molar-refractivity contribution in [1.29, 1.82) is 0 Å². The molecule has 0 atom stereocenters. The molecule has 2 aromatic carbocycles. The molecule has 0 spiro atoms. The monoisotopic (exact) mass is 547 g/mol. The van der Waals surface area contributed by atoms with Crippen LogP contribution in [0.5, 0.6) is 5.75 Å². The van der Waals surface area contributed by atoms with Crippen LogP contribution in [0.1, 0.15) is 36.9 Å². The second kappa shape index (κ2) is 11.1. The third-order valence-corrected chi connectivity index (χ3v) is 7.84. The molecule has 0 radical (unpaired) electrons. The molecule has 3 aromatic heterocycles. The van der Waals surface area contributed by atoms with Crippen LogP contribution in [0.15, 0.2) is 71.9 Å². The summed E-state index contributed by atoms with van der Waals surface area (Å²) in [5.74, 6) is 1.01. The van der Waals surface area contributed by atoms with E-state index >= 15 is 0 Å². The zero-order valence-corrected chi connectivity index (χ0v) is 23.5. The van der Waals surface area contributed by atoms with Gasteiger partial charge in [0.15, 0.2) is 0 Å². The number of aryl methyl sites for hydroxylation is 2. The molecule has 2 N–H and O–H groups in total. The minimum absolute atomic E-state index is 0.00666. The number of nitrogens with zero attached hydrogens (tertiary/aromatic N) is 6. The number of phenols is 1. The number of piperidine rings is 1. The van der Waals surface area contributed by atoms with Crippen LogP contribution in [0.25, 0.3) is 33.4 Å². The maximum atomic E-state index is 13.6. The lowest BCUT2D eigenvalue weighted by molar-refractivity contribution is 0.255. The fraction of sp³-hybridized carbons (Fsp3) is 0.281. The smallest absolute Gasteiger partial charge is 0.260 e. The highest BCUT2D eigenvalue weighted by Gasteiger charge is 2.19.